The lowest BCUT2D eigenvalue weighted by atomic mass is 9.95. The predicted octanol–water partition coefficient (Wildman–Crippen LogP) is 1.79. The first-order valence-corrected chi connectivity index (χ1v) is 6.45. The highest BCUT2D eigenvalue weighted by atomic mass is 16.7. The van der Waals surface area contributed by atoms with Gasteiger partial charge in [-0.2, -0.15) is 0 Å². The zero-order chi connectivity index (χ0) is 11.7. The topological polar surface area (TPSA) is 44.8 Å². The van der Waals surface area contributed by atoms with Crippen molar-refractivity contribution in [3.05, 3.63) is 12.2 Å². The van der Waals surface area contributed by atoms with Crippen LogP contribution in [0.15, 0.2) is 12.2 Å². The van der Waals surface area contributed by atoms with Crippen LogP contribution in [0.25, 0.3) is 0 Å². The lowest BCUT2D eigenvalue weighted by molar-refractivity contribution is -0.166. The highest BCUT2D eigenvalue weighted by Gasteiger charge is 2.42. The molecular formula is C13H18O4. The molecular weight excluding hydrogens is 220 g/mol. The first-order chi connectivity index (χ1) is 8.33. The van der Waals surface area contributed by atoms with Crippen LogP contribution >= 0.6 is 0 Å². The maximum atomic E-state index is 11.8. The Morgan fingerprint density at radius 3 is 2.76 bits per heavy atom. The molecule has 0 amide bonds. The van der Waals surface area contributed by atoms with Gasteiger partial charge in [-0.05, 0) is 19.3 Å². The van der Waals surface area contributed by atoms with Crippen LogP contribution in [0.4, 0.5) is 0 Å². The molecule has 2 heterocycles. The van der Waals surface area contributed by atoms with Crippen molar-refractivity contribution in [1.29, 1.82) is 0 Å². The summed E-state index contributed by atoms with van der Waals surface area (Å²) in [6.45, 7) is 0.0983. The monoisotopic (exact) mass is 238 g/mol. The molecule has 0 N–H and O–H groups in total. The van der Waals surface area contributed by atoms with Gasteiger partial charge >= 0.3 is 5.97 Å². The molecule has 1 saturated heterocycles. The van der Waals surface area contributed by atoms with Crippen molar-refractivity contribution in [2.45, 2.75) is 50.4 Å². The molecule has 0 aromatic rings. The minimum atomic E-state index is -0.181. The predicted molar refractivity (Wildman–Crippen MR) is 60.2 cm³/mol. The van der Waals surface area contributed by atoms with E-state index in [1.54, 1.807) is 0 Å². The summed E-state index contributed by atoms with van der Waals surface area (Å²) in [5.74, 6) is -0.308. The lowest BCUT2D eigenvalue weighted by Gasteiger charge is -2.16. The van der Waals surface area contributed by atoms with Crippen LogP contribution in [-0.2, 0) is 19.0 Å². The summed E-state index contributed by atoms with van der Waals surface area (Å²) in [5.41, 5.74) is 0. The summed E-state index contributed by atoms with van der Waals surface area (Å²) < 4.78 is 16.2. The third-order valence-corrected chi connectivity index (χ3v) is 3.84. The second-order valence-electron chi connectivity index (χ2n) is 5.02. The molecule has 2 aliphatic heterocycles. The lowest BCUT2D eigenvalue weighted by Crippen LogP contribution is -2.26. The van der Waals surface area contributed by atoms with E-state index in [0.717, 1.165) is 19.3 Å². The van der Waals surface area contributed by atoms with Gasteiger partial charge in [0.1, 0.15) is 0 Å². The number of fused-ring (bicyclic) bond motifs is 2. The summed E-state index contributed by atoms with van der Waals surface area (Å²) in [4.78, 5) is 11.8. The minimum Gasteiger partial charge on any atom is -0.438 e. The zero-order valence-electron chi connectivity index (χ0n) is 9.84. The van der Waals surface area contributed by atoms with Gasteiger partial charge in [-0.3, -0.25) is 4.79 Å². The summed E-state index contributed by atoms with van der Waals surface area (Å²) in [5, 5.41) is 0. The summed E-state index contributed by atoms with van der Waals surface area (Å²) in [7, 11) is 0. The van der Waals surface area contributed by atoms with Gasteiger partial charge in [0.05, 0.1) is 24.2 Å². The molecule has 1 saturated carbocycles. The number of carbonyl (C=O) groups excluding carboxylic acids is 1. The van der Waals surface area contributed by atoms with Crippen LogP contribution in [-0.4, -0.2) is 31.1 Å². The number of rotatable bonds is 4. The molecule has 94 valence electrons. The average molecular weight is 238 g/mol. The molecule has 0 spiro atoms. The molecule has 0 radical (unpaired) electrons. The number of carbonyl (C=O) groups is 1. The number of hydrogen-bond acceptors (Lipinski definition) is 4. The highest BCUT2D eigenvalue weighted by Crippen LogP contribution is 2.34. The molecule has 2 bridgehead atoms. The molecule has 3 rings (SSSR count). The second-order valence-corrected chi connectivity index (χ2v) is 5.02. The van der Waals surface area contributed by atoms with Crippen LogP contribution < -0.4 is 0 Å². The molecule has 3 unspecified atom stereocenters. The van der Waals surface area contributed by atoms with Crippen LogP contribution in [0.5, 0.6) is 0 Å². The number of esters is 1. The molecule has 1 aliphatic carbocycles. The fourth-order valence-electron chi connectivity index (χ4n) is 2.85. The summed E-state index contributed by atoms with van der Waals surface area (Å²) >= 11 is 0. The molecule has 17 heavy (non-hydrogen) atoms. The summed E-state index contributed by atoms with van der Waals surface area (Å²) in [6, 6.07) is 0. The molecule has 4 nitrogen and oxygen atoms in total. The quantitative estimate of drug-likeness (QED) is 0.425. The number of hydrogen-bond donors (Lipinski definition) is 0. The van der Waals surface area contributed by atoms with E-state index < -0.39 is 0 Å². The maximum absolute atomic E-state index is 11.8. The van der Waals surface area contributed by atoms with E-state index in [4.69, 9.17) is 14.2 Å². The van der Waals surface area contributed by atoms with Crippen LogP contribution in [0.1, 0.15) is 32.1 Å². The van der Waals surface area contributed by atoms with E-state index in [9.17, 15) is 4.79 Å². The van der Waals surface area contributed by atoms with Crippen molar-refractivity contribution in [3.8, 4) is 0 Å². The van der Waals surface area contributed by atoms with Gasteiger partial charge in [-0.1, -0.05) is 25.0 Å². The average Bonchev–Trinajstić information content (AvgIpc) is 3.05. The van der Waals surface area contributed by atoms with Gasteiger partial charge in [0.25, 0.3) is 0 Å². The van der Waals surface area contributed by atoms with E-state index in [-0.39, 0.29) is 30.9 Å². The fourth-order valence-corrected chi connectivity index (χ4v) is 2.85. The maximum Gasteiger partial charge on any atom is 0.314 e. The smallest absolute Gasteiger partial charge is 0.314 e. The Morgan fingerprint density at radius 1 is 1.29 bits per heavy atom. The van der Waals surface area contributed by atoms with Crippen molar-refractivity contribution in [2.75, 3.05) is 6.79 Å². The molecule has 3 atom stereocenters. The molecule has 0 aromatic heterocycles. The van der Waals surface area contributed by atoms with Crippen molar-refractivity contribution in [3.63, 3.8) is 0 Å². The normalized spacial score (nSPS) is 35.6. The first-order valence-electron chi connectivity index (χ1n) is 6.45. The Labute approximate surface area is 101 Å². The molecule has 0 aromatic carbocycles. The molecule has 4 heteroatoms. The van der Waals surface area contributed by atoms with Crippen LogP contribution in [0.3, 0.4) is 0 Å². The van der Waals surface area contributed by atoms with Gasteiger partial charge in [-0.15, -0.1) is 0 Å². The van der Waals surface area contributed by atoms with Crippen molar-refractivity contribution in [2.24, 2.45) is 5.92 Å². The Hall–Kier alpha value is -0.870. The van der Waals surface area contributed by atoms with E-state index in [0.29, 0.717) is 6.10 Å². The zero-order valence-corrected chi connectivity index (χ0v) is 9.84. The van der Waals surface area contributed by atoms with Crippen molar-refractivity contribution < 1.29 is 19.0 Å². The van der Waals surface area contributed by atoms with Gasteiger partial charge in [0, 0.05) is 0 Å². The molecule has 3 aliphatic rings. The standard InChI is InChI=1S/C13H18O4/c14-13(11-7-10-5-6-12(11)17-10)16-8-15-9-3-1-2-4-9/h5-6,9-12H,1-4,7-8H2. The molecule has 2 fully saturated rings. The van der Waals surface area contributed by atoms with Crippen molar-refractivity contribution >= 4 is 5.97 Å². The Balaban J connectivity index is 1.40. The van der Waals surface area contributed by atoms with Gasteiger partial charge in [0.15, 0.2) is 6.79 Å². The second kappa shape index (κ2) is 4.78. The summed E-state index contributed by atoms with van der Waals surface area (Å²) in [6.07, 6.45) is 9.71. The SMILES string of the molecule is O=C(OCOC1CCCC1)C1CC2C=CC1O2. The highest BCUT2D eigenvalue weighted by molar-refractivity contribution is 5.74. The van der Waals surface area contributed by atoms with E-state index in [1.807, 2.05) is 12.2 Å². The van der Waals surface area contributed by atoms with Gasteiger partial charge in [-0.25, -0.2) is 0 Å². The third-order valence-electron chi connectivity index (χ3n) is 3.84. The first kappa shape index (κ1) is 11.2. The van der Waals surface area contributed by atoms with Crippen LogP contribution in [0.2, 0.25) is 0 Å². The van der Waals surface area contributed by atoms with Gasteiger partial charge < -0.3 is 14.2 Å². The van der Waals surface area contributed by atoms with Gasteiger partial charge in [0.2, 0.25) is 0 Å². The van der Waals surface area contributed by atoms with Crippen molar-refractivity contribution in [1.82, 2.24) is 0 Å². The van der Waals surface area contributed by atoms with Crippen LogP contribution in [0, 0.1) is 5.92 Å². The third kappa shape index (κ3) is 2.38. The van der Waals surface area contributed by atoms with E-state index in [2.05, 4.69) is 0 Å². The largest absolute Gasteiger partial charge is 0.438 e. The fraction of sp³-hybridized carbons (Fsp3) is 0.769. The Kier molecular flexibility index (Phi) is 3.16. The minimum absolute atomic E-state index is 0.0704. The Morgan fingerprint density at radius 2 is 2.12 bits per heavy atom. The van der Waals surface area contributed by atoms with E-state index >= 15 is 0 Å². The number of ether oxygens (including phenoxy) is 3. The Bertz CT molecular complexity index is 319. The van der Waals surface area contributed by atoms with E-state index in [1.165, 1.54) is 12.8 Å².